The molecule has 0 spiro atoms. The summed E-state index contributed by atoms with van der Waals surface area (Å²) in [5.41, 5.74) is 0.799. The minimum absolute atomic E-state index is 0.219. The Kier molecular flexibility index (Phi) is 2.80. The Morgan fingerprint density at radius 2 is 1.71 bits per heavy atom. The third kappa shape index (κ3) is 1.94. The Labute approximate surface area is 88.2 Å². The Morgan fingerprint density at radius 1 is 1.00 bits per heavy atom. The van der Waals surface area contributed by atoms with Gasteiger partial charge in [-0.25, -0.2) is 0 Å². The Hall–Kier alpha value is -0.926. The van der Waals surface area contributed by atoms with Gasteiger partial charge in [-0.3, -0.25) is 0 Å². The zero-order valence-electron chi connectivity index (χ0n) is 7.32. The van der Waals surface area contributed by atoms with Gasteiger partial charge in [0.25, 0.3) is 0 Å². The van der Waals surface area contributed by atoms with Crippen LogP contribution in [0, 0.1) is 0 Å². The van der Waals surface area contributed by atoms with Gasteiger partial charge in [-0.1, -0.05) is 0 Å². The van der Waals surface area contributed by atoms with Crippen LogP contribution in [0.2, 0.25) is 0 Å². The predicted molar refractivity (Wildman–Crippen MR) is 47.6 cm³/mol. The van der Waals surface area contributed by atoms with Gasteiger partial charge < -0.3 is 0 Å². The van der Waals surface area contributed by atoms with E-state index in [9.17, 15) is 6.18 Å². The molecular weight excluding hydrogens is 220 g/mol. The standard InChI is InChI=1S/C10H8N.2FH.Ti/c1-2-6-10(7-3-1)11-8-4-5-9-11;;;/h1-2,4-9H;2*1H;/q;;;+2/p-2. The molecule has 2 rings (SSSR count). The zero-order valence-corrected chi connectivity index (χ0v) is 8.88. The summed E-state index contributed by atoms with van der Waals surface area (Å²) in [6, 6.07) is 10.3. The van der Waals surface area contributed by atoms with E-state index in [-0.39, 0.29) is 3.87 Å². The molecule has 0 fully saturated rings. The Bertz CT molecular complexity index is 412. The number of nitrogens with zero attached hydrogens (tertiary/aromatic N) is 1. The van der Waals surface area contributed by atoms with Crippen LogP contribution in [-0.4, -0.2) is 4.57 Å². The van der Waals surface area contributed by atoms with Crippen LogP contribution in [0.15, 0.2) is 48.8 Å². The van der Waals surface area contributed by atoms with E-state index in [1.165, 1.54) is 6.07 Å². The molecule has 14 heavy (non-hydrogen) atoms. The van der Waals surface area contributed by atoms with Crippen LogP contribution in [0.4, 0.5) is 6.18 Å². The number of hydrogen-bond donors (Lipinski definition) is 0. The summed E-state index contributed by atoms with van der Waals surface area (Å²) in [5.74, 6) is 0. The van der Waals surface area contributed by atoms with Crippen molar-refractivity contribution in [2.75, 3.05) is 0 Å². The van der Waals surface area contributed by atoms with Crippen molar-refractivity contribution < 1.29 is 25.1 Å². The van der Waals surface area contributed by atoms with Gasteiger partial charge in [0.1, 0.15) is 0 Å². The first-order valence-corrected chi connectivity index (χ1v) is 6.15. The summed E-state index contributed by atoms with van der Waals surface area (Å²) >= 11 is -3.93. The first kappa shape index (κ1) is 9.62. The SMILES string of the molecule is [F][Ti]([F])[c]1cccc(-n2cccc2)c1. The van der Waals surface area contributed by atoms with E-state index in [0.29, 0.717) is 0 Å². The van der Waals surface area contributed by atoms with Gasteiger partial charge >= 0.3 is 88.0 Å². The van der Waals surface area contributed by atoms with Crippen LogP contribution < -0.4 is 3.87 Å². The molecule has 0 saturated heterocycles. The van der Waals surface area contributed by atoms with E-state index in [2.05, 4.69) is 0 Å². The number of halogens is 2. The first-order chi connectivity index (χ1) is 6.77. The quantitative estimate of drug-likeness (QED) is 0.696. The fraction of sp³-hybridized carbons (Fsp3) is 0. The monoisotopic (exact) mass is 228 g/mol. The Balaban J connectivity index is 2.41. The number of aromatic nitrogens is 1. The van der Waals surface area contributed by atoms with E-state index >= 15 is 0 Å². The van der Waals surface area contributed by atoms with Gasteiger partial charge in [0.05, 0.1) is 0 Å². The molecule has 71 valence electrons. The van der Waals surface area contributed by atoms with Gasteiger partial charge in [0.15, 0.2) is 0 Å². The van der Waals surface area contributed by atoms with Gasteiger partial charge in [0, 0.05) is 0 Å². The summed E-state index contributed by atoms with van der Waals surface area (Å²) in [7, 11) is 0. The van der Waals surface area contributed by atoms with Crippen LogP contribution in [-0.2, 0) is 18.9 Å². The van der Waals surface area contributed by atoms with Crippen molar-refractivity contribution >= 4 is 3.87 Å². The van der Waals surface area contributed by atoms with E-state index in [4.69, 9.17) is 0 Å². The van der Waals surface area contributed by atoms with Crippen LogP contribution in [0.5, 0.6) is 0 Å². The average Bonchev–Trinajstić information content (AvgIpc) is 2.71. The summed E-state index contributed by atoms with van der Waals surface area (Å²) in [5, 5.41) is 0. The zero-order chi connectivity index (χ0) is 9.97. The summed E-state index contributed by atoms with van der Waals surface area (Å²) in [4.78, 5) is 0. The van der Waals surface area contributed by atoms with Crippen LogP contribution in [0.3, 0.4) is 0 Å². The molecule has 0 bridgehead atoms. The van der Waals surface area contributed by atoms with Crippen molar-refractivity contribution in [3.05, 3.63) is 48.8 Å². The molecule has 0 atom stereocenters. The predicted octanol–water partition coefficient (Wildman–Crippen LogP) is 2.49. The molecule has 1 aromatic carbocycles. The third-order valence-corrected chi connectivity index (χ3v) is 3.13. The summed E-state index contributed by atoms with van der Waals surface area (Å²) in [6.45, 7) is 0. The topological polar surface area (TPSA) is 4.93 Å². The molecular formula is C10H8F2NTi. The number of benzene rings is 1. The van der Waals surface area contributed by atoms with E-state index in [0.717, 1.165) is 5.69 Å². The van der Waals surface area contributed by atoms with Gasteiger partial charge in [-0.15, -0.1) is 0 Å². The summed E-state index contributed by atoms with van der Waals surface area (Å²) < 4.78 is 27.1. The maximum atomic E-state index is 12.5. The molecule has 2 aromatic rings. The van der Waals surface area contributed by atoms with Crippen LogP contribution in [0.25, 0.3) is 5.69 Å². The molecule has 0 unspecified atom stereocenters. The number of rotatable bonds is 2. The normalized spacial score (nSPS) is 10.1. The third-order valence-electron chi connectivity index (χ3n) is 1.97. The van der Waals surface area contributed by atoms with Gasteiger partial charge in [-0.2, -0.15) is 0 Å². The maximum absolute atomic E-state index is 12.5. The molecule has 0 aliphatic carbocycles. The van der Waals surface area contributed by atoms with E-state index < -0.39 is 18.9 Å². The minimum atomic E-state index is -3.93. The molecule has 0 saturated carbocycles. The van der Waals surface area contributed by atoms with E-state index in [1.807, 2.05) is 35.2 Å². The Morgan fingerprint density at radius 3 is 2.36 bits per heavy atom. The van der Waals surface area contributed by atoms with Crippen molar-refractivity contribution in [2.45, 2.75) is 0 Å². The molecule has 0 radical (unpaired) electrons. The van der Waals surface area contributed by atoms with Crippen molar-refractivity contribution in [1.82, 2.24) is 4.57 Å². The first-order valence-electron chi connectivity index (χ1n) is 4.19. The van der Waals surface area contributed by atoms with E-state index in [1.54, 1.807) is 12.1 Å². The molecule has 0 aliphatic heterocycles. The van der Waals surface area contributed by atoms with Gasteiger partial charge in [-0.05, 0) is 0 Å². The molecule has 0 amide bonds. The van der Waals surface area contributed by atoms with Crippen molar-refractivity contribution in [3.63, 3.8) is 0 Å². The molecule has 1 aromatic heterocycles. The molecule has 1 heterocycles. The van der Waals surface area contributed by atoms with Gasteiger partial charge in [0.2, 0.25) is 0 Å². The van der Waals surface area contributed by atoms with Crippen molar-refractivity contribution in [3.8, 4) is 5.69 Å². The average molecular weight is 228 g/mol. The second-order valence-corrected chi connectivity index (χ2v) is 4.62. The molecule has 4 heteroatoms. The summed E-state index contributed by atoms with van der Waals surface area (Å²) in [6.07, 6.45) is 3.69. The molecule has 0 N–H and O–H groups in total. The van der Waals surface area contributed by atoms with Crippen molar-refractivity contribution in [2.24, 2.45) is 0 Å². The number of hydrogen-bond acceptors (Lipinski definition) is 0. The van der Waals surface area contributed by atoms with Crippen LogP contribution in [0.1, 0.15) is 0 Å². The molecule has 0 aliphatic rings. The molecule has 1 nitrogen and oxygen atoms in total. The second-order valence-electron chi connectivity index (χ2n) is 2.90. The fourth-order valence-electron chi connectivity index (χ4n) is 1.29. The fourth-order valence-corrected chi connectivity index (χ4v) is 2.04. The van der Waals surface area contributed by atoms with Crippen LogP contribution >= 0.6 is 0 Å². The second kappa shape index (κ2) is 4.07. The van der Waals surface area contributed by atoms with Crippen molar-refractivity contribution in [1.29, 1.82) is 0 Å².